The van der Waals surface area contributed by atoms with Crippen LogP contribution in [0.15, 0.2) is 24.3 Å². The van der Waals surface area contributed by atoms with Crippen LogP contribution in [0.5, 0.6) is 0 Å². The molecule has 88 valence electrons. The van der Waals surface area contributed by atoms with Gasteiger partial charge in [0.25, 0.3) is 0 Å². The molecule has 0 aliphatic carbocycles. The van der Waals surface area contributed by atoms with Crippen LogP contribution >= 0.6 is 0 Å². The standard InChI is InChI=1S/C13H18O3/c1-12(2,15)10-7-5-9(6-8-10)11(14)13(3,4)16/h5-8,15-16H,1-4H3. The van der Waals surface area contributed by atoms with E-state index in [0.29, 0.717) is 5.56 Å². The quantitative estimate of drug-likeness (QED) is 0.767. The normalized spacial score (nSPS) is 12.6. The van der Waals surface area contributed by atoms with E-state index in [1.807, 2.05) is 0 Å². The average molecular weight is 222 g/mol. The maximum atomic E-state index is 11.7. The van der Waals surface area contributed by atoms with Gasteiger partial charge in [0, 0.05) is 5.56 Å². The molecule has 1 rings (SSSR count). The third-order valence-corrected chi connectivity index (χ3v) is 2.41. The Labute approximate surface area is 95.7 Å². The van der Waals surface area contributed by atoms with E-state index in [9.17, 15) is 15.0 Å². The fourth-order valence-corrected chi connectivity index (χ4v) is 1.38. The maximum Gasteiger partial charge on any atom is 0.193 e. The van der Waals surface area contributed by atoms with Crippen molar-refractivity contribution in [2.75, 3.05) is 0 Å². The molecule has 0 saturated heterocycles. The fourth-order valence-electron chi connectivity index (χ4n) is 1.38. The number of Topliss-reactive ketones (excluding diaryl/α,β-unsaturated/α-hetero) is 1. The number of hydrogen-bond acceptors (Lipinski definition) is 3. The van der Waals surface area contributed by atoms with Crippen LogP contribution in [0.2, 0.25) is 0 Å². The van der Waals surface area contributed by atoms with Gasteiger partial charge in [-0.1, -0.05) is 24.3 Å². The number of hydrogen-bond donors (Lipinski definition) is 2. The minimum Gasteiger partial charge on any atom is -0.386 e. The Kier molecular flexibility index (Phi) is 3.22. The van der Waals surface area contributed by atoms with E-state index < -0.39 is 11.2 Å². The minimum atomic E-state index is -1.36. The first kappa shape index (κ1) is 12.9. The average Bonchev–Trinajstić information content (AvgIpc) is 2.14. The van der Waals surface area contributed by atoms with Gasteiger partial charge in [0.05, 0.1) is 5.60 Å². The van der Waals surface area contributed by atoms with Crippen molar-refractivity contribution in [3.8, 4) is 0 Å². The Morgan fingerprint density at radius 3 is 1.75 bits per heavy atom. The number of aliphatic hydroxyl groups is 2. The van der Waals surface area contributed by atoms with Gasteiger partial charge in [0.15, 0.2) is 5.78 Å². The summed E-state index contributed by atoms with van der Waals surface area (Å²) in [5.74, 6) is -0.324. The lowest BCUT2D eigenvalue weighted by molar-refractivity contribution is 0.0487. The highest BCUT2D eigenvalue weighted by atomic mass is 16.3. The summed E-state index contributed by atoms with van der Waals surface area (Å²) in [6.07, 6.45) is 0. The lowest BCUT2D eigenvalue weighted by atomic mass is 9.93. The van der Waals surface area contributed by atoms with Gasteiger partial charge >= 0.3 is 0 Å². The first-order valence-corrected chi connectivity index (χ1v) is 5.22. The van der Waals surface area contributed by atoms with Crippen LogP contribution in [0.1, 0.15) is 43.6 Å². The molecule has 0 aromatic heterocycles. The lowest BCUT2D eigenvalue weighted by Crippen LogP contribution is -2.31. The third-order valence-electron chi connectivity index (χ3n) is 2.41. The van der Waals surface area contributed by atoms with Gasteiger partial charge in [-0.3, -0.25) is 4.79 Å². The van der Waals surface area contributed by atoms with Crippen LogP contribution in [-0.4, -0.2) is 21.6 Å². The van der Waals surface area contributed by atoms with E-state index in [1.165, 1.54) is 13.8 Å². The SMILES string of the molecule is CC(C)(O)C(=O)c1ccc(C(C)(C)O)cc1. The molecule has 0 bridgehead atoms. The second-order valence-corrected chi connectivity index (χ2v) is 5.02. The van der Waals surface area contributed by atoms with E-state index in [4.69, 9.17) is 0 Å². The molecule has 0 radical (unpaired) electrons. The van der Waals surface area contributed by atoms with Crippen molar-refractivity contribution >= 4 is 5.78 Å². The Balaban J connectivity index is 3.01. The molecule has 16 heavy (non-hydrogen) atoms. The monoisotopic (exact) mass is 222 g/mol. The van der Waals surface area contributed by atoms with Crippen molar-refractivity contribution < 1.29 is 15.0 Å². The lowest BCUT2D eigenvalue weighted by Gasteiger charge is -2.19. The minimum absolute atomic E-state index is 0.324. The zero-order valence-electron chi connectivity index (χ0n) is 10.1. The van der Waals surface area contributed by atoms with E-state index in [0.717, 1.165) is 5.56 Å². The summed E-state index contributed by atoms with van der Waals surface area (Å²) >= 11 is 0. The summed E-state index contributed by atoms with van der Waals surface area (Å²) in [5, 5.41) is 19.3. The van der Waals surface area contributed by atoms with Gasteiger partial charge in [-0.25, -0.2) is 0 Å². The highest BCUT2D eigenvalue weighted by molar-refractivity contribution is 6.01. The van der Waals surface area contributed by atoms with Crippen molar-refractivity contribution in [2.24, 2.45) is 0 Å². The summed E-state index contributed by atoms with van der Waals surface area (Å²) in [5.41, 5.74) is -1.10. The molecule has 0 fully saturated rings. The topological polar surface area (TPSA) is 57.5 Å². The first-order valence-electron chi connectivity index (χ1n) is 5.22. The largest absolute Gasteiger partial charge is 0.386 e. The number of carbonyl (C=O) groups is 1. The molecule has 0 amide bonds. The molecule has 0 aliphatic rings. The molecule has 0 heterocycles. The van der Waals surface area contributed by atoms with Crippen molar-refractivity contribution in [1.29, 1.82) is 0 Å². The van der Waals surface area contributed by atoms with Crippen molar-refractivity contribution in [2.45, 2.75) is 38.9 Å². The Morgan fingerprint density at radius 2 is 1.44 bits per heavy atom. The third kappa shape index (κ3) is 2.90. The molecule has 0 unspecified atom stereocenters. The summed E-state index contributed by atoms with van der Waals surface area (Å²) in [4.78, 5) is 11.7. The summed E-state index contributed by atoms with van der Waals surface area (Å²) < 4.78 is 0. The maximum absolute atomic E-state index is 11.7. The number of ketones is 1. The molecule has 0 aliphatic heterocycles. The van der Waals surface area contributed by atoms with Crippen molar-refractivity contribution in [1.82, 2.24) is 0 Å². The predicted octanol–water partition coefficient (Wildman–Crippen LogP) is 1.87. The van der Waals surface area contributed by atoms with Crippen LogP contribution in [0, 0.1) is 0 Å². The van der Waals surface area contributed by atoms with Gasteiger partial charge in [-0.2, -0.15) is 0 Å². The summed E-state index contributed by atoms with van der Waals surface area (Å²) in [6, 6.07) is 6.62. The second-order valence-electron chi connectivity index (χ2n) is 5.02. The molecule has 0 atom stereocenters. The molecule has 0 saturated carbocycles. The van der Waals surface area contributed by atoms with E-state index in [-0.39, 0.29) is 5.78 Å². The van der Waals surface area contributed by atoms with Crippen LogP contribution in [0.4, 0.5) is 0 Å². The highest BCUT2D eigenvalue weighted by Crippen LogP contribution is 2.21. The number of benzene rings is 1. The number of carbonyl (C=O) groups excluding carboxylic acids is 1. The predicted molar refractivity (Wildman–Crippen MR) is 62.3 cm³/mol. The van der Waals surface area contributed by atoms with Gasteiger partial charge in [-0.15, -0.1) is 0 Å². The summed E-state index contributed by atoms with van der Waals surface area (Å²) in [6.45, 7) is 6.28. The van der Waals surface area contributed by atoms with E-state index in [1.54, 1.807) is 38.1 Å². The zero-order valence-corrected chi connectivity index (χ0v) is 10.1. The van der Waals surface area contributed by atoms with Crippen LogP contribution in [0.25, 0.3) is 0 Å². The molecule has 2 N–H and O–H groups in total. The zero-order chi connectivity index (χ0) is 12.6. The van der Waals surface area contributed by atoms with Crippen LogP contribution in [0.3, 0.4) is 0 Å². The Bertz CT molecular complexity index is 377. The van der Waals surface area contributed by atoms with Crippen LogP contribution in [-0.2, 0) is 5.60 Å². The van der Waals surface area contributed by atoms with E-state index in [2.05, 4.69) is 0 Å². The fraction of sp³-hybridized carbons (Fsp3) is 0.462. The molecule has 3 heteroatoms. The molecular weight excluding hydrogens is 204 g/mol. The second kappa shape index (κ2) is 4.00. The molecule has 1 aromatic carbocycles. The van der Waals surface area contributed by atoms with Gasteiger partial charge < -0.3 is 10.2 Å². The highest BCUT2D eigenvalue weighted by Gasteiger charge is 2.25. The van der Waals surface area contributed by atoms with Gasteiger partial charge in [-0.05, 0) is 33.3 Å². The molecule has 1 aromatic rings. The Morgan fingerprint density at radius 1 is 1.00 bits per heavy atom. The molecule has 3 nitrogen and oxygen atoms in total. The van der Waals surface area contributed by atoms with Gasteiger partial charge in [0.2, 0.25) is 0 Å². The summed E-state index contributed by atoms with van der Waals surface area (Å²) in [7, 11) is 0. The van der Waals surface area contributed by atoms with Gasteiger partial charge in [0.1, 0.15) is 5.60 Å². The van der Waals surface area contributed by atoms with Crippen molar-refractivity contribution in [3.05, 3.63) is 35.4 Å². The Hall–Kier alpha value is -1.19. The van der Waals surface area contributed by atoms with Crippen LogP contribution < -0.4 is 0 Å². The number of rotatable bonds is 3. The molecular formula is C13H18O3. The smallest absolute Gasteiger partial charge is 0.193 e. The van der Waals surface area contributed by atoms with Crippen molar-refractivity contribution in [3.63, 3.8) is 0 Å². The molecule has 0 spiro atoms. The first-order chi connectivity index (χ1) is 7.12. The van der Waals surface area contributed by atoms with E-state index >= 15 is 0 Å².